The summed E-state index contributed by atoms with van der Waals surface area (Å²) >= 11 is 0. The number of nitrogens with zero attached hydrogens (tertiary/aromatic N) is 4. The molecule has 0 aromatic carbocycles. The molecule has 0 saturated heterocycles. The number of halogens is 1. The second-order valence-corrected chi connectivity index (χ2v) is 10.6. The number of hydrogen-bond acceptors (Lipinski definition) is 5. The second kappa shape index (κ2) is 7.10. The third kappa shape index (κ3) is 3.15. The van der Waals surface area contributed by atoms with E-state index in [1.165, 1.54) is 24.0 Å². The zero-order valence-electron chi connectivity index (χ0n) is 17.3. The topological polar surface area (TPSA) is 80.9 Å². The number of carbonyl (C=O) groups excluding carboxylic acids is 1. The van der Waals surface area contributed by atoms with E-state index in [2.05, 4.69) is 22.3 Å². The third-order valence-corrected chi connectivity index (χ3v) is 9.43. The fourth-order valence-corrected chi connectivity index (χ4v) is 8.12. The van der Waals surface area contributed by atoms with Gasteiger partial charge in [0.1, 0.15) is 13.2 Å². The van der Waals surface area contributed by atoms with E-state index in [9.17, 15) is 14.3 Å². The summed E-state index contributed by atoms with van der Waals surface area (Å²) in [5.41, 5.74) is -0.989. The minimum absolute atomic E-state index is 0.0833. The van der Waals surface area contributed by atoms with E-state index in [1.54, 1.807) is 0 Å². The molecular formula is C22H33FN4O2. The van der Waals surface area contributed by atoms with Crippen LogP contribution >= 0.6 is 0 Å². The van der Waals surface area contributed by atoms with Crippen molar-refractivity contribution in [2.24, 2.45) is 40.9 Å². The fraction of sp³-hybridized carbons (Fsp3) is 0.909. The van der Waals surface area contributed by atoms with E-state index in [4.69, 9.17) is 0 Å². The zero-order valence-corrected chi connectivity index (χ0v) is 17.3. The molecule has 6 nitrogen and oxygen atoms in total. The number of aliphatic hydroxyl groups is 1. The van der Waals surface area contributed by atoms with Gasteiger partial charge in [-0.1, -0.05) is 6.92 Å². The monoisotopic (exact) mass is 404 g/mol. The maximum absolute atomic E-state index is 13.3. The van der Waals surface area contributed by atoms with E-state index in [1.807, 2.05) is 0 Å². The van der Waals surface area contributed by atoms with Crippen LogP contribution < -0.4 is 0 Å². The Morgan fingerprint density at radius 1 is 1.14 bits per heavy atom. The molecule has 160 valence electrons. The van der Waals surface area contributed by atoms with E-state index in [0.29, 0.717) is 42.4 Å². The molecule has 1 aromatic heterocycles. The molecule has 0 aliphatic heterocycles. The maximum atomic E-state index is 13.3. The van der Waals surface area contributed by atoms with Crippen molar-refractivity contribution in [2.75, 3.05) is 6.67 Å². The molecule has 0 radical (unpaired) electrons. The Bertz CT molecular complexity index is 758. The molecule has 4 saturated carbocycles. The van der Waals surface area contributed by atoms with E-state index >= 15 is 0 Å². The molecule has 0 amide bonds. The Morgan fingerprint density at radius 3 is 2.72 bits per heavy atom. The maximum Gasteiger partial charge on any atom is 0.162 e. The summed E-state index contributed by atoms with van der Waals surface area (Å²) in [5, 5.41) is 22.1. The number of tetrazole rings is 1. The summed E-state index contributed by atoms with van der Waals surface area (Å²) in [6.07, 6.45) is 10.3. The van der Waals surface area contributed by atoms with Crippen molar-refractivity contribution in [1.29, 1.82) is 0 Å². The number of rotatable bonds is 4. The van der Waals surface area contributed by atoms with Gasteiger partial charge >= 0.3 is 0 Å². The van der Waals surface area contributed by atoms with Crippen LogP contribution in [0, 0.1) is 40.9 Å². The number of carbonyl (C=O) groups is 1. The van der Waals surface area contributed by atoms with Crippen molar-refractivity contribution in [3.63, 3.8) is 0 Å². The van der Waals surface area contributed by atoms with Crippen LogP contribution in [0.1, 0.15) is 64.7 Å². The average molecular weight is 405 g/mol. The normalized spacial score (nSPS) is 46.6. The van der Waals surface area contributed by atoms with Gasteiger partial charge in [0.2, 0.25) is 0 Å². The Morgan fingerprint density at radius 2 is 1.97 bits per heavy atom. The largest absolute Gasteiger partial charge is 0.387 e. The summed E-state index contributed by atoms with van der Waals surface area (Å²) in [6.45, 7) is 1.98. The predicted octanol–water partition coefficient (Wildman–Crippen LogP) is 3.21. The fourth-order valence-electron chi connectivity index (χ4n) is 8.12. The van der Waals surface area contributed by atoms with Crippen LogP contribution in [0.2, 0.25) is 0 Å². The number of alkyl halides is 1. The molecule has 1 aromatic rings. The molecule has 7 heteroatoms. The molecule has 8 atom stereocenters. The summed E-state index contributed by atoms with van der Waals surface area (Å²) in [5.74, 6) is 3.47. The van der Waals surface area contributed by atoms with Gasteiger partial charge in [-0.25, -0.2) is 4.39 Å². The number of aromatic nitrogens is 4. The molecule has 1 heterocycles. The molecule has 0 spiro atoms. The summed E-state index contributed by atoms with van der Waals surface area (Å²) in [4.78, 5) is 14.5. The van der Waals surface area contributed by atoms with E-state index in [0.717, 1.165) is 32.1 Å². The Balaban J connectivity index is 1.31. The van der Waals surface area contributed by atoms with Gasteiger partial charge in [0.05, 0.1) is 5.60 Å². The first-order valence-corrected chi connectivity index (χ1v) is 11.5. The van der Waals surface area contributed by atoms with Gasteiger partial charge in [-0.15, -0.1) is 10.2 Å². The van der Waals surface area contributed by atoms with E-state index in [-0.39, 0.29) is 23.7 Å². The van der Waals surface area contributed by atoms with Crippen molar-refractivity contribution in [3.05, 3.63) is 6.33 Å². The van der Waals surface area contributed by atoms with Gasteiger partial charge in [-0.3, -0.25) is 4.79 Å². The van der Waals surface area contributed by atoms with Crippen LogP contribution in [0.4, 0.5) is 4.39 Å². The molecule has 1 N–H and O–H groups in total. The summed E-state index contributed by atoms with van der Waals surface area (Å²) in [6, 6.07) is 0. The second-order valence-electron chi connectivity index (χ2n) is 10.6. The predicted molar refractivity (Wildman–Crippen MR) is 104 cm³/mol. The highest BCUT2D eigenvalue weighted by Gasteiger charge is 2.59. The standard InChI is InChI=1S/C22H33FN4O2/c1-21-8-6-16-15-7-9-22(29,12-23)10-14(15)2-3-17(16)18(21)4-5-19(21)20(28)11-27-25-13-24-26-27/h13-19,29H,2-12H2,1H3/t14-,15+,16-,17-,18+,19-,21+,22+/m1/s1. The van der Waals surface area contributed by atoms with Gasteiger partial charge in [0.25, 0.3) is 0 Å². The summed E-state index contributed by atoms with van der Waals surface area (Å²) < 4.78 is 13.3. The Labute approximate surface area is 171 Å². The Kier molecular flexibility index (Phi) is 4.80. The van der Waals surface area contributed by atoms with Gasteiger partial charge < -0.3 is 5.11 Å². The SMILES string of the molecule is C[C@]12CC[C@H]3[C@@H](CC[C@@H]4C[C@](O)(CF)CC[C@@H]43)[C@@H]1CC[C@@H]2C(=O)Cn1ncnn1. The molecule has 0 unspecified atom stereocenters. The van der Waals surface area contributed by atoms with Crippen LogP contribution in [0.5, 0.6) is 0 Å². The van der Waals surface area contributed by atoms with Gasteiger partial charge in [-0.2, -0.15) is 4.80 Å². The first-order chi connectivity index (χ1) is 13.9. The van der Waals surface area contributed by atoms with E-state index < -0.39 is 12.3 Å². The molecule has 4 aliphatic carbocycles. The summed E-state index contributed by atoms with van der Waals surface area (Å²) in [7, 11) is 0. The van der Waals surface area contributed by atoms with Gasteiger partial charge in [-0.05, 0) is 98.0 Å². The molecule has 4 aliphatic rings. The molecule has 29 heavy (non-hydrogen) atoms. The van der Waals surface area contributed by atoms with Crippen LogP contribution in [0.3, 0.4) is 0 Å². The first kappa shape index (κ1) is 19.6. The minimum atomic E-state index is -1.07. The Hall–Kier alpha value is -1.37. The molecular weight excluding hydrogens is 371 g/mol. The lowest BCUT2D eigenvalue weighted by molar-refractivity contribution is -0.134. The van der Waals surface area contributed by atoms with Gasteiger partial charge in [0.15, 0.2) is 12.1 Å². The number of hydrogen-bond donors (Lipinski definition) is 1. The van der Waals surface area contributed by atoms with Crippen LogP contribution in [-0.4, -0.2) is 43.4 Å². The molecule has 0 bridgehead atoms. The van der Waals surface area contributed by atoms with Crippen molar-refractivity contribution < 1.29 is 14.3 Å². The van der Waals surface area contributed by atoms with Gasteiger partial charge in [0, 0.05) is 5.92 Å². The third-order valence-electron chi connectivity index (χ3n) is 9.43. The van der Waals surface area contributed by atoms with Crippen molar-refractivity contribution in [3.8, 4) is 0 Å². The highest BCUT2D eigenvalue weighted by Crippen LogP contribution is 2.64. The van der Waals surface area contributed by atoms with Crippen LogP contribution in [0.15, 0.2) is 6.33 Å². The quantitative estimate of drug-likeness (QED) is 0.833. The number of fused-ring (bicyclic) bond motifs is 5. The van der Waals surface area contributed by atoms with Crippen molar-refractivity contribution >= 4 is 5.78 Å². The highest BCUT2D eigenvalue weighted by molar-refractivity contribution is 5.81. The zero-order chi connectivity index (χ0) is 20.2. The van der Waals surface area contributed by atoms with Crippen molar-refractivity contribution in [2.45, 2.75) is 76.9 Å². The number of Topliss-reactive ketones (excluding diaryl/α,β-unsaturated/α-hetero) is 1. The lowest BCUT2D eigenvalue weighted by Crippen LogP contribution is -2.52. The lowest BCUT2D eigenvalue weighted by Gasteiger charge is -2.56. The lowest BCUT2D eigenvalue weighted by atomic mass is 9.49. The molecule has 4 fully saturated rings. The van der Waals surface area contributed by atoms with Crippen LogP contribution in [-0.2, 0) is 11.3 Å². The smallest absolute Gasteiger partial charge is 0.162 e. The highest BCUT2D eigenvalue weighted by atomic mass is 19.1. The van der Waals surface area contributed by atoms with Crippen molar-refractivity contribution in [1.82, 2.24) is 20.2 Å². The van der Waals surface area contributed by atoms with Crippen LogP contribution in [0.25, 0.3) is 0 Å². The minimum Gasteiger partial charge on any atom is -0.387 e. The number of ketones is 1. The first-order valence-electron chi connectivity index (χ1n) is 11.5. The molecule has 5 rings (SSSR count). The average Bonchev–Trinajstić information content (AvgIpc) is 3.34.